The van der Waals surface area contributed by atoms with Crippen LogP contribution >= 0.6 is 23.4 Å². The van der Waals surface area contributed by atoms with Gasteiger partial charge in [0.25, 0.3) is 0 Å². The number of rotatable bonds is 5. The maximum absolute atomic E-state index is 12.0. The van der Waals surface area contributed by atoms with E-state index in [2.05, 4.69) is 4.99 Å². The van der Waals surface area contributed by atoms with Gasteiger partial charge in [-0.2, -0.15) is 4.99 Å². The lowest BCUT2D eigenvalue weighted by Crippen LogP contribution is -2.37. The largest absolute Gasteiger partial charge is 0.495 e. The fraction of sp³-hybridized carbons (Fsp3) is 0.438. The van der Waals surface area contributed by atoms with Crippen molar-refractivity contribution in [3.63, 3.8) is 0 Å². The topological polar surface area (TPSA) is 113 Å². The van der Waals surface area contributed by atoms with Gasteiger partial charge >= 0.3 is 5.97 Å². The number of aliphatic carboxylic acids is 1. The second-order valence-electron chi connectivity index (χ2n) is 6.17. The third kappa shape index (κ3) is 4.39. The molecule has 0 spiro atoms. The number of amidine groups is 1. The summed E-state index contributed by atoms with van der Waals surface area (Å²) in [5, 5.41) is 9.17. The van der Waals surface area contributed by atoms with Crippen LogP contribution in [-0.4, -0.2) is 60.5 Å². The Morgan fingerprint density at radius 3 is 2.74 bits per heavy atom. The van der Waals surface area contributed by atoms with Crippen LogP contribution in [0.15, 0.2) is 23.2 Å². The van der Waals surface area contributed by atoms with Crippen molar-refractivity contribution in [3.05, 3.63) is 23.2 Å². The van der Waals surface area contributed by atoms with Gasteiger partial charge in [0.15, 0.2) is 15.0 Å². The summed E-state index contributed by atoms with van der Waals surface area (Å²) in [5.74, 6) is -1.21. The number of sulfone groups is 1. The van der Waals surface area contributed by atoms with Crippen molar-refractivity contribution < 1.29 is 27.9 Å². The minimum absolute atomic E-state index is 0.00502. The van der Waals surface area contributed by atoms with Crippen molar-refractivity contribution in [2.75, 3.05) is 23.5 Å². The zero-order valence-electron chi connectivity index (χ0n) is 14.3. The lowest BCUT2D eigenvalue weighted by Gasteiger charge is -2.25. The maximum atomic E-state index is 12.0. The Morgan fingerprint density at radius 2 is 2.11 bits per heavy atom. The van der Waals surface area contributed by atoms with Crippen LogP contribution in [-0.2, 0) is 19.4 Å². The van der Waals surface area contributed by atoms with E-state index in [1.165, 1.54) is 18.9 Å². The van der Waals surface area contributed by atoms with Crippen molar-refractivity contribution in [1.82, 2.24) is 0 Å². The molecule has 0 bridgehead atoms. The van der Waals surface area contributed by atoms with Crippen LogP contribution in [0.5, 0.6) is 5.75 Å². The predicted octanol–water partition coefficient (Wildman–Crippen LogP) is 1.81. The zero-order chi connectivity index (χ0) is 19.8. The predicted molar refractivity (Wildman–Crippen MR) is 104 cm³/mol. The number of fused-ring (bicyclic) bond motifs is 1. The highest BCUT2D eigenvalue weighted by Gasteiger charge is 2.49. The molecule has 0 aliphatic carbocycles. The summed E-state index contributed by atoms with van der Waals surface area (Å²) in [7, 11) is -1.69. The third-order valence-electron chi connectivity index (χ3n) is 4.25. The monoisotopic (exact) mass is 432 g/mol. The summed E-state index contributed by atoms with van der Waals surface area (Å²) >= 11 is 7.42. The molecule has 1 amide bonds. The van der Waals surface area contributed by atoms with E-state index in [9.17, 15) is 18.0 Å². The van der Waals surface area contributed by atoms with Gasteiger partial charge in [-0.05, 0) is 18.2 Å². The van der Waals surface area contributed by atoms with Crippen molar-refractivity contribution >= 4 is 55.9 Å². The number of ether oxygens (including phenoxy) is 1. The fourth-order valence-electron chi connectivity index (χ4n) is 3.05. The number of thioether (sulfide) groups is 1. The SMILES string of the molecule is COc1ccc(N2C(=NC(=O)CCC(=O)O)S[C@@H]3CS(=O)(=O)C[C@@H]32)cc1Cl. The number of amides is 1. The molecule has 8 nitrogen and oxygen atoms in total. The van der Waals surface area contributed by atoms with Gasteiger partial charge in [-0.3, -0.25) is 9.59 Å². The van der Waals surface area contributed by atoms with Crippen LogP contribution in [0.3, 0.4) is 0 Å². The van der Waals surface area contributed by atoms with E-state index < -0.39 is 21.7 Å². The summed E-state index contributed by atoms with van der Waals surface area (Å²) in [4.78, 5) is 28.4. The normalized spacial score (nSPS) is 24.8. The number of carbonyl (C=O) groups is 2. The molecular weight excluding hydrogens is 416 g/mol. The van der Waals surface area contributed by atoms with E-state index in [0.717, 1.165) is 0 Å². The van der Waals surface area contributed by atoms with Crippen molar-refractivity contribution in [2.24, 2.45) is 4.99 Å². The number of methoxy groups -OCH3 is 1. The van der Waals surface area contributed by atoms with Crippen LogP contribution in [0.4, 0.5) is 5.69 Å². The van der Waals surface area contributed by atoms with E-state index >= 15 is 0 Å². The molecule has 0 unspecified atom stereocenters. The molecule has 1 N–H and O–H groups in total. The molecule has 11 heteroatoms. The highest BCUT2D eigenvalue weighted by Crippen LogP contribution is 2.42. The molecule has 3 rings (SSSR count). The number of anilines is 1. The number of hydrogen-bond acceptors (Lipinski definition) is 6. The molecule has 27 heavy (non-hydrogen) atoms. The van der Waals surface area contributed by atoms with E-state index in [0.29, 0.717) is 21.6 Å². The molecule has 2 saturated heterocycles. The molecule has 0 saturated carbocycles. The highest BCUT2D eigenvalue weighted by atomic mass is 35.5. The van der Waals surface area contributed by atoms with Gasteiger partial charge in [0, 0.05) is 17.4 Å². The van der Waals surface area contributed by atoms with Crippen LogP contribution in [0.2, 0.25) is 5.02 Å². The van der Waals surface area contributed by atoms with E-state index in [1.54, 1.807) is 23.1 Å². The van der Waals surface area contributed by atoms with Gasteiger partial charge in [-0.25, -0.2) is 8.42 Å². The lowest BCUT2D eigenvalue weighted by molar-refractivity contribution is -0.138. The minimum atomic E-state index is -3.18. The molecule has 2 aliphatic heterocycles. The zero-order valence-corrected chi connectivity index (χ0v) is 16.7. The van der Waals surface area contributed by atoms with Crippen LogP contribution in [0.25, 0.3) is 0 Å². The van der Waals surface area contributed by atoms with E-state index in [4.69, 9.17) is 21.4 Å². The first-order valence-electron chi connectivity index (χ1n) is 8.03. The second-order valence-corrected chi connectivity index (χ2v) is 9.94. The van der Waals surface area contributed by atoms with E-state index in [1.807, 2.05) is 0 Å². The smallest absolute Gasteiger partial charge is 0.303 e. The number of benzene rings is 1. The summed E-state index contributed by atoms with van der Waals surface area (Å²) in [6, 6.07) is 4.64. The lowest BCUT2D eigenvalue weighted by atomic mass is 10.2. The number of carboxylic acids is 1. The molecule has 2 atom stereocenters. The minimum Gasteiger partial charge on any atom is -0.495 e. The van der Waals surface area contributed by atoms with Crippen LogP contribution in [0.1, 0.15) is 12.8 Å². The average Bonchev–Trinajstić information content (AvgIpc) is 3.03. The first-order chi connectivity index (χ1) is 12.7. The number of nitrogens with zero attached hydrogens (tertiary/aromatic N) is 2. The number of halogens is 1. The maximum Gasteiger partial charge on any atom is 0.303 e. The molecule has 2 heterocycles. The number of hydrogen-bond donors (Lipinski definition) is 1. The third-order valence-corrected chi connectivity index (χ3v) is 7.76. The Balaban J connectivity index is 1.94. The van der Waals surface area contributed by atoms with Gasteiger partial charge in [0.2, 0.25) is 5.91 Å². The van der Waals surface area contributed by atoms with Crippen molar-refractivity contribution in [2.45, 2.75) is 24.1 Å². The Kier molecular flexibility index (Phi) is 5.68. The Labute approximate surface area is 165 Å². The Hall–Kier alpha value is -1.78. The standard InChI is InChI=1S/C16H17ClN2O6S2/c1-25-12-3-2-9(6-10(12)17)19-11-7-27(23,24)8-13(11)26-16(19)18-14(20)4-5-15(21)22/h2-3,6,11,13H,4-5,7-8H2,1H3,(H,21,22)/t11-,13+/m0/s1. The molecule has 1 aromatic rings. The number of aliphatic imine (C=N–C) groups is 1. The van der Waals surface area contributed by atoms with Gasteiger partial charge in [-0.15, -0.1) is 0 Å². The summed E-state index contributed by atoms with van der Waals surface area (Å²) in [6.45, 7) is 0. The highest BCUT2D eigenvalue weighted by molar-refractivity contribution is 8.16. The summed E-state index contributed by atoms with van der Waals surface area (Å²) in [5.41, 5.74) is 0.600. The van der Waals surface area contributed by atoms with Gasteiger partial charge < -0.3 is 14.7 Å². The Morgan fingerprint density at radius 1 is 1.37 bits per heavy atom. The molecule has 0 aromatic heterocycles. The number of carboxylic acid groups (broad SMARTS) is 1. The van der Waals surface area contributed by atoms with Gasteiger partial charge in [0.1, 0.15) is 5.75 Å². The molecule has 2 fully saturated rings. The summed E-state index contributed by atoms with van der Waals surface area (Å²) in [6.07, 6.45) is -0.528. The van der Waals surface area contributed by atoms with E-state index in [-0.39, 0.29) is 35.6 Å². The molecule has 1 aromatic carbocycles. The van der Waals surface area contributed by atoms with Crippen LogP contribution in [0, 0.1) is 0 Å². The average molecular weight is 433 g/mol. The molecular formula is C16H17ClN2O6S2. The molecule has 0 radical (unpaired) electrons. The Bertz CT molecular complexity index is 917. The molecule has 146 valence electrons. The van der Waals surface area contributed by atoms with Crippen molar-refractivity contribution in [1.29, 1.82) is 0 Å². The van der Waals surface area contributed by atoms with Gasteiger partial charge in [0.05, 0.1) is 36.1 Å². The molecule has 2 aliphatic rings. The second kappa shape index (κ2) is 7.69. The first kappa shape index (κ1) is 20.0. The van der Waals surface area contributed by atoms with Crippen molar-refractivity contribution in [3.8, 4) is 5.75 Å². The summed E-state index contributed by atoms with van der Waals surface area (Å²) < 4.78 is 29.2. The van der Waals surface area contributed by atoms with Gasteiger partial charge in [-0.1, -0.05) is 23.4 Å². The van der Waals surface area contributed by atoms with Crippen LogP contribution < -0.4 is 9.64 Å². The number of carbonyl (C=O) groups excluding carboxylic acids is 1. The first-order valence-corrected chi connectivity index (χ1v) is 11.1. The quantitative estimate of drug-likeness (QED) is 0.749. The fourth-order valence-corrected chi connectivity index (χ4v) is 7.23.